The number of hydrogen-bond acceptors (Lipinski definition) is 4. The van der Waals surface area contributed by atoms with Crippen LogP contribution >= 0.6 is 0 Å². The van der Waals surface area contributed by atoms with E-state index in [1.807, 2.05) is 18.3 Å². The van der Waals surface area contributed by atoms with Gasteiger partial charge in [0.1, 0.15) is 5.82 Å². The van der Waals surface area contributed by atoms with Crippen LogP contribution < -0.4 is 5.32 Å². The molecule has 0 atom stereocenters. The molecule has 0 bridgehead atoms. The topological polar surface area (TPSA) is 58.1 Å². The van der Waals surface area contributed by atoms with Crippen LogP contribution in [0.2, 0.25) is 0 Å². The highest BCUT2D eigenvalue weighted by Crippen LogP contribution is 2.20. The molecule has 0 aliphatic carbocycles. The van der Waals surface area contributed by atoms with Gasteiger partial charge in [0.2, 0.25) is 0 Å². The molecule has 1 amide bonds. The van der Waals surface area contributed by atoms with Gasteiger partial charge in [-0.05, 0) is 66.7 Å². The molecular formula is C27H27FN4O. The fraction of sp³-hybridized carbons (Fsp3) is 0.222. The molecule has 4 aromatic rings. The van der Waals surface area contributed by atoms with Crippen LogP contribution in [-0.4, -0.2) is 33.9 Å². The van der Waals surface area contributed by atoms with Crippen molar-refractivity contribution in [3.8, 4) is 11.3 Å². The number of amides is 1. The van der Waals surface area contributed by atoms with Gasteiger partial charge >= 0.3 is 0 Å². The second-order valence-electron chi connectivity index (χ2n) is 7.92. The zero-order valence-corrected chi connectivity index (χ0v) is 18.9. The van der Waals surface area contributed by atoms with Crippen molar-refractivity contribution < 1.29 is 9.18 Å². The number of carbonyl (C=O) groups excluding carboxylic acids is 1. The Balaban J connectivity index is 1.44. The summed E-state index contributed by atoms with van der Waals surface area (Å²) in [6.07, 6.45) is 3.46. The number of fused-ring (bicyclic) bond motifs is 1. The number of rotatable bonds is 8. The van der Waals surface area contributed by atoms with Gasteiger partial charge in [0.05, 0.1) is 16.8 Å². The molecule has 2 heterocycles. The summed E-state index contributed by atoms with van der Waals surface area (Å²) in [6.45, 7) is 7.56. The maximum atomic E-state index is 13.1. The molecule has 33 heavy (non-hydrogen) atoms. The number of benzene rings is 2. The number of halogens is 1. The number of nitrogens with zero attached hydrogens (tertiary/aromatic N) is 3. The lowest BCUT2D eigenvalue weighted by Gasteiger charge is -2.18. The molecule has 0 aliphatic rings. The van der Waals surface area contributed by atoms with Crippen molar-refractivity contribution >= 4 is 16.8 Å². The molecule has 5 nitrogen and oxygen atoms in total. The van der Waals surface area contributed by atoms with Crippen LogP contribution in [0, 0.1) is 5.82 Å². The molecule has 0 saturated carbocycles. The highest BCUT2D eigenvalue weighted by Gasteiger charge is 2.10. The van der Waals surface area contributed by atoms with Crippen molar-refractivity contribution in [2.24, 2.45) is 0 Å². The Morgan fingerprint density at radius 1 is 0.970 bits per heavy atom. The molecule has 1 N–H and O–H groups in total. The third kappa shape index (κ3) is 5.41. The Bertz CT molecular complexity index is 1240. The molecule has 2 aromatic heterocycles. The maximum absolute atomic E-state index is 13.1. The smallest absolute Gasteiger partial charge is 0.253 e. The zero-order chi connectivity index (χ0) is 23.2. The van der Waals surface area contributed by atoms with Gasteiger partial charge in [-0.25, -0.2) is 4.39 Å². The van der Waals surface area contributed by atoms with Crippen LogP contribution in [0.1, 0.15) is 35.3 Å². The second-order valence-corrected chi connectivity index (χ2v) is 7.92. The second kappa shape index (κ2) is 10.3. The van der Waals surface area contributed by atoms with E-state index in [-0.39, 0.29) is 11.7 Å². The number of para-hydroxylation sites is 1. The van der Waals surface area contributed by atoms with E-state index >= 15 is 0 Å². The van der Waals surface area contributed by atoms with Crippen molar-refractivity contribution in [3.05, 3.63) is 95.6 Å². The standard InChI is InChI=1S/C27H27FN4O/c1-3-32(4-2)18-19-14-21-6-5-7-22(26(21)30-15-19)16-31-27(33)23-10-13-25(29-17-23)20-8-11-24(28)12-9-20/h5-15,17H,3-4,16,18H2,1-2H3,(H,31,33). The van der Waals surface area contributed by atoms with E-state index in [0.29, 0.717) is 17.8 Å². The maximum Gasteiger partial charge on any atom is 0.253 e. The van der Waals surface area contributed by atoms with E-state index < -0.39 is 0 Å². The number of aromatic nitrogens is 2. The van der Waals surface area contributed by atoms with Gasteiger partial charge in [0.25, 0.3) is 5.91 Å². The molecule has 2 aromatic carbocycles. The molecule has 168 valence electrons. The molecule has 6 heteroatoms. The molecule has 0 radical (unpaired) electrons. The van der Waals surface area contributed by atoms with E-state index in [9.17, 15) is 9.18 Å². The first-order valence-corrected chi connectivity index (χ1v) is 11.2. The summed E-state index contributed by atoms with van der Waals surface area (Å²) < 4.78 is 13.1. The lowest BCUT2D eigenvalue weighted by molar-refractivity contribution is 0.0950. The summed E-state index contributed by atoms with van der Waals surface area (Å²) >= 11 is 0. The Kier molecular flexibility index (Phi) is 7.05. The molecule has 0 fully saturated rings. The first-order valence-electron chi connectivity index (χ1n) is 11.2. The summed E-state index contributed by atoms with van der Waals surface area (Å²) in [5.74, 6) is -0.499. The van der Waals surface area contributed by atoms with Crippen molar-refractivity contribution in [2.75, 3.05) is 13.1 Å². The Morgan fingerprint density at radius 3 is 2.45 bits per heavy atom. The lowest BCUT2D eigenvalue weighted by Crippen LogP contribution is -2.23. The summed E-state index contributed by atoms with van der Waals surface area (Å²) in [7, 11) is 0. The van der Waals surface area contributed by atoms with Crippen LogP contribution in [0.15, 0.2) is 73.1 Å². The van der Waals surface area contributed by atoms with Gasteiger partial charge < -0.3 is 5.32 Å². The predicted octanol–water partition coefficient (Wildman–Crippen LogP) is 5.21. The molecule has 0 unspecified atom stereocenters. The quantitative estimate of drug-likeness (QED) is 0.407. The van der Waals surface area contributed by atoms with E-state index in [1.165, 1.54) is 23.9 Å². The first kappa shape index (κ1) is 22.6. The molecule has 4 rings (SSSR count). The van der Waals surface area contributed by atoms with Crippen LogP contribution in [0.3, 0.4) is 0 Å². The fourth-order valence-corrected chi connectivity index (χ4v) is 3.80. The van der Waals surface area contributed by atoms with Crippen molar-refractivity contribution in [3.63, 3.8) is 0 Å². The van der Waals surface area contributed by atoms with Gasteiger partial charge in [0.15, 0.2) is 0 Å². The molecule has 0 saturated heterocycles. The lowest BCUT2D eigenvalue weighted by atomic mass is 10.1. The average molecular weight is 443 g/mol. The van der Waals surface area contributed by atoms with Gasteiger partial charge in [-0.15, -0.1) is 0 Å². The minimum atomic E-state index is -0.294. The zero-order valence-electron chi connectivity index (χ0n) is 18.9. The van der Waals surface area contributed by atoms with E-state index in [0.717, 1.165) is 41.7 Å². The summed E-state index contributed by atoms with van der Waals surface area (Å²) in [6, 6.07) is 17.8. The van der Waals surface area contributed by atoms with Crippen LogP contribution in [0.4, 0.5) is 4.39 Å². The molecule has 0 aliphatic heterocycles. The summed E-state index contributed by atoms with van der Waals surface area (Å²) in [4.78, 5) is 24.1. The van der Waals surface area contributed by atoms with E-state index in [2.05, 4.69) is 46.2 Å². The van der Waals surface area contributed by atoms with Crippen LogP contribution in [0.5, 0.6) is 0 Å². The Morgan fingerprint density at radius 2 is 1.76 bits per heavy atom. The summed E-state index contributed by atoms with van der Waals surface area (Å²) in [5.41, 5.74) is 4.99. The predicted molar refractivity (Wildman–Crippen MR) is 129 cm³/mol. The van der Waals surface area contributed by atoms with Gasteiger partial charge in [-0.3, -0.25) is 19.7 Å². The van der Waals surface area contributed by atoms with Gasteiger partial charge in [-0.1, -0.05) is 32.0 Å². The third-order valence-electron chi connectivity index (χ3n) is 5.76. The minimum Gasteiger partial charge on any atom is -0.348 e. The summed E-state index contributed by atoms with van der Waals surface area (Å²) in [5, 5.41) is 4.03. The number of nitrogens with one attached hydrogen (secondary N) is 1. The van der Waals surface area contributed by atoms with Gasteiger partial charge in [-0.2, -0.15) is 0 Å². The average Bonchev–Trinajstić information content (AvgIpc) is 2.86. The highest BCUT2D eigenvalue weighted by atomic mass is 19.1. The van der Waals surface area contributed by atoms with Crippen molar-refractivity contribution in [2.45, 2.75) is 26.9 Å². The Hall–Kier alpha value is -3.64. The SMILES string of the molecule is CCN(CC)Cc1cnc2c(CNC(=O)c3ccc(-c4ccc(F)cc4)nc3)cccc2c1. The number of pyridine rings is 2. The Labute approximate surface area is 193 Å². The van der Waals surface area contributed by atoms with Crippen LogP contribution in [-0.2, 0) is 13.1 Å². The third-order valence-corrected chi connectivity index (χ3v) is 5.76. The monoisotopic (exact) mass is 442 g/mol. The number of carbonyl (C=O) groups is 1. The highest BCUT2D eigenvalue weighted by molar-refractivity contribution is 5.94. The van der Waals surface area contributed by atoms with Crippen LogP contribution in [0.25, 0.3) is 22.2 Å². The van der Waals surface area contributed by atoms with Crippen molar-refractivity contribution in [1.82, 2.24) is 20.2 Å². The normalized spacial score (nSPS) is 11.2. The van der Waals surface area contributed by atoms with Crippen molar-refractivity contribution in [1.29, 1.82) is 0 Å². The largest absolute Gasteiger partial charge is 0.348 e. The van der Waals surface area contributed by atoms with E-state index in [1.54, 1.807) is 24.3 Å². The first-order chi connectivity index (χ1) is 16.1. The fourth-order valence-electron chi connectivity index (χ4n) is 3.80. The molecular weight excluding hydrogens is 415 g/mol. The minimum absolute atomic E-state index is 0.205. The number of hydrogen-bond donors (Lipinski definition) is 1. The van der Waals surface area contributed by atoms with E-state index in [4.69, 9.17) is 0 Å². The van der Waals surface area contributed by atoms with Gasteiger partial charge in [0, 0.05) is 36.4 Å². The molecule has 0 spiro atoms.